The van der Waals surface area contributed by atoms with Crippen LogP contribution in [-0.4, -0.2) is 38.5 Å². The van der Waals surface area contributed by atoms with E-state index in [1.54, 1.807) is 0 Å². The molecular formula is C13H19N3O3. The molecule has 104 valence electrons. The zero-order valence-electron chi connectivity index (χ0n) is 10.7. The molecule has 1 heterocycles. The van der Waals surface area contributed by atoms with Crippen LogP contribution in [-0.2, 0) is 16.0 Å². The number of ether oxygens (including phenoxy) is 2. The number of carbonyl (C=O) groups excluding carboxylic acids is 1. The molecule has 0 radical (unpaired) electrons. The molecule has 2 amide bonds. The topological polar surface area (TPSA) is 85.6 Å². The van der Waals surface area contributed by atoms with Crippen molar-refractivity contribution in [2.45, 2.75) is 12.6 Å². The van der Waals surface area contributed by atoms with Crippen molar-refractivity contribution in [3.63, 3.8) is 0 Å². The molecule has 0 aliphatic carbocycles. The van der Waals surface area contributed by atoms with Gasteiger partial charge in [0.25, 0.3) is 0 Å². The Balaban J connectivity index is 1.76. The van der Waals surface area contributed by atoms with Crippen molar-refractivity contribution >= 4 is 11.7 Å². The number of anilines is 1. The van der Waals surface area contributed by atoms with E-state index in [2.05, 4.69) is 10.6 Å². The van der Waals surface area contributed by atoms with Gasteiger partial charge >= 0.3 is 6.03 Å². The summed E-state index contributed by atoms with van der Waals surface area (Å²) in [5, 5.41) is 5.51. The highest BCUT2D eigenvalue weighted by Crippen LogP contribution is 2.09. The lowest BCUT2D eigenvalue weighted by molar-refractivity contribution is -0.0852. The van der Waals surface area contributed by atoms with Gasteiger partial charge in [0.15, 0.2) is 0 Å². The summed E-state index contributed by atoms with van der Waals surface area (Å²) in [7, 11) is 0. The Kier molecular flexibility index (Phi) is 5.14. The van der Waals surface area contributed by atoms with E-state index in [1.807, 2.05) is 24.3 Å². The quantitative estimate of drug-likeness (QED) is 0.747. The van der Waals surface area contributed by atoms with Crippen molar-refractivity contribution in [1.29, 1.82) is 0 Å². The van der Waals surface area contributed by atoms with Crippen molar-refractivity contribution in [2.24, 2.45) is 5.73 Å². The van der Waals surface area contributed by atoms with Crippen LogP contribution in [0, 0.1) is 0 Å². The maximum absolute atomic E-state index is 11.7. The number of amides is 2. The van der Waals surface area contributed by atoms with Crippen LogP contribution in [0.5, 0.6) is 0 Å². The molecule has 2 rings (SSSR count). The summed E-state index contributed by atoms with van der Waals surface area (Å²) >= 11 is 0. The van der Waals surface area contributed by atoms with E-state index >= 15 is 0 Å². The van der Waals surface area contributed by atoms with E-state index in [9.17, 15) is 4.79 Å². The van der Waals surface area contributed by atoms with Gasteiger partial charge in [-0.1, -0.05) is 12.1 Å². The van der Waals surface area contributed by atoms with Gasteiger partial charge in [0, 0.05) is 18.8 Å². The van der Waals surface area contributed by atoms with Crippen LogP contribution in [0.4, 0.5) is 10.5 Å². The molecular weight excluding hydrogens is 246 g/mol. The Morgan fingerprint density at radius 1 is 1.42 bits per heavy atom. The van der Waals surface area contributed by atoms with E-state index in [1.165, 1.54) is 0 Å². The van der Waals surface area contributed by atoms with E-state index in [4.69, 9.17) is 15.2 Å². The molecule has 4 N–H and O–H groups in total. The molecule has 0 aromatic heterocycles. The molecule has 6 heteroatoms. The third-order valence-electron chi connectivity index (χ3n) is 2.80. The van der Waals surface area contributed by atoms with Gasteiger partial charge in [0.1, 0.15) is 0 Å². The lowest BCUT2D eigenvalue weighted by atomic mass is 10.2. The van der Waals surface area contributed by atoms with Crippen LogP contribution >= 0.6 is 0 Å². The number of urea groups is 1. The molecule has 1 unspecified atom stereocenters. The normalized spacial score (nSPS) is 18.9. The summed E-state index contributed by atoms with van der Waals surface area (Å²) in [4.78, 5) is 11.7. The fourth-order valence-corrected chi connectivity index (χ4v) is 1.81. The number of carbonyl (C=O) groups is 1. The number of nitrogens with one attached hydrogen (secondary N) is 2. The SMILES string of the molecule is NCc1cccc(NC(=O)NCC2COCCO2)c1. The highest BCUT2D eigenvalue weighted by Gasteiger charge is 2.15. The van der Waals surface area contributed by atoms with Crippen LogP contribution in [0.1, 0.15) is 5.56 Å². The zero-order valence-corrected chi connectivity index (χ0v) is 10.7. The number of benzene rings is 1. The first-order valence-corrected chi connectivity index (χ1v) is 6.31. The number of nitrogens with two attached hydrogens (primary N) is 1. The van der Waals surface area contributed by atoms with Gasteiger partial charge < -0.3 is 25.8 Å². The Morgan fingerprint density at radius 3 is 3.05 bits per heavy atom. The maximum Gasteiger partial charge on any atom is 0.319 e. The number of hydrogen-bond donors (Lipinski definition) is 3. The van der Waals surface area contributed by atoms with Crippen LogP contribution in [0.2, 0.25) is 0 Å². The summed E-state index contributed by atoms with van der Waals surface area (Å²) in [5.41, 5.74) is 7.24. The molecule has 1 saturated heterocycles. The fraction of sp³-hybridized carbons (Fsp3) is 0.462. The average Bonchev–Trinajstić information content (AvgIpc) is 2.46. The molecule has 6 nitrogen and oxygen atoms in total. The number of hydrogen-bond acceptors (Lipinski definition) is 4. The second-order valence-corrected chi connectivity index (χ2v) is 4.31. The van der Waals surface area contributed by atoms with E-state index in [0.717, 1.165) is 11.3 Å². The van der Waals surface area contributed by atoms with E-state index in [0.29, 0.717) is 32.9 Å². The Hall–Kier alpha value is -1.63. The molecule has 1 aliphatic rings. The summed E-state index contributed by atoms with van der Waals surface area (Å²) in [5.74, 6) is 0. The predicted octanol–water partition coefficient (Wildman–Crippen LogP) is 0.682. The molecule has 1 aliphatic heterocycles. The highest BCUT2D eigenvalue weighted by atomic mass is 16.6. The molecule has 0 bridgehead atoms. The minimum absolute atomic E-state index is 0.0742. The summed E-state index contributed by atoms with van der Waals surface area (Å²) in [6, 6.07) is 7.17. The third-order valence-corrected chi connectivity index (χ3v) is 2.80. The third kappa shape index (κ3) is 4.51. The second-order valence-electron chi connectivity index (χ2n) is 4.31. The average molecular weight is 265 g/mol. The van der Waals surface area contributed by atoms with Crippen LogP contribution < -0.4 is 16.4 Å². The van der Waals surface area contributed by atoms with Gasteiger partial charge in [-0.15, -0.1) is 0 Å². The van der Waals surface area contributed by atoms with Crippen molar-refractivity contribution in [3.8, 4) is 0 Å². The predicted molar refractivity (Wildman–Crippen MR) is 71.9 cm³/mol. The van der Waals surface area contributed by atoms with Gasteiger partial charge in [-0.2, -0.15) is 0 Å². The largest absolute Gasteiger partial charge is 0.376 e. The van der Waals surface area contributed by atoms with Crippen molar-refractivity contribution < 1.29 is 14.3 Å². The van der Waals surface area contributed by atoms with Crippen LogP contribution in [0.3, 0.4) is 0 Å². The molecule has 0 saturated carbocycles. The summed E-state index contributed by atoms with van der Waals surface area (Å²) in [6.07, 6.45) is -0.0742. The fourth-order valence-electron chi connectivity index (χ4n) is 1.81. The molecule has 1 aromatic rings. The van der Waals surface area contributed by atoms with Crippen molar-refractivity contribution in [3.05, 3.63) is 29.8 Å². The second kappa shape index (κ2) is 7.08. The first-order chi connectivity index (χ1) is 9.28. The van der Waals surface area contributed by atoms with Crippen LogP contribution in [0.25, 0.3) is 0 Å². The van der Waals surface area contributed by atoms with Gasteiger partial charge in [0.05, 0.1) is 25.9 Å². The molecule has 0 spiro atoms. The Labute approximate surface area is 112 Å². The first kappa shape index (κ1) is 13.8. The lowest BCUT2D eigenvalue weighted by Gasteiger charge is -2.23. The summed E-state index contributed by atoms with van der Waals surface area (Å²) in [6.45, 7) is 2.59. The molecule has 1 atom stereocenters. The van der Waals surface area contributed by atoms with Gasteiger partial charge in [-0.05, 0) is 17.7 Å². The summed E-state index contributed by atoms with van der Waals surface area (Å²) < 4.78 is 10.7. The lowest BCUT2D eigenvalue weighted by Crippen LogP contribution is -2.41. The zero-order chi connectivity index (χ0) is 13.5. The molecule has 1 fully saturated rings. The van der Waals surface area contributed by atoms with Gasteiger partial charge in [-0.25, -0.2) is 4.79 Å². The minimum atomic E-state index is -0.261. The first-order valence-electron chi connectivity index (χ1n) is 6.31. The number of rotatable bonds is 4. The smallest absolute Gasteiger partial charge is 0.319 e. The van der Waals surface area contributed by atoms with Crippen molar-refractivity contribution in [1.82, 2.24) is 5.32 Å². The monoisotopic (exact) mass is 265 g/mol. The minimum Gasteiger partial charge on any atom is -0.376 e. The van der Waals surface area contributed by atoms with Gasteiger partial charge in [-0.3, -0.25) is 0 Å². The van der Waals surface area contributed by atoms with Gasteiger partial charge in [0.2, 0.25) is 0 Å². The molecule has 19 heavy (non-hydrogen) atoms. The standard InChI is InChI=1S/C13H19N3O3/c14-7-10-2-1-3-11(6-10)16-13(17)15-8-12-9-18-4-5-19-12/h1-3,6,12H,4-5,7-9,14H2,(H2,15,16,17). The highest BCUT2D eigenvalue weighted by molar-refractivity contribution is 5.89. The van der Waals surface area contributed by atoms with Crippen molar-refractivity contribution in [2.75, 3.05) is 31.7 Å². The van der Waals surface area contributed by atoms with E-state index in [-0.39, 0.29) is 12.1 Å². The van der Waals surface area contributed by atoms with Crippen LogP contribution in [0.15, 0.2) is 24.3 Å². The van der Waals surface area contributed by atoms with E-state index < -0.39 is 0 Å². The Morgan fingerprint density at radius 2 is 2.32 bits per heavy atom. The Bertz CT molecular complexity index is 419. The maximum atomic E-state index is 11.7. The molecule has 1 aromatic carbocycles.